The van der Waals surface area contributed by atoms with E-state index in [1.807, 2.05) is 23.9 Å². The number of ether oxygens (including phenoxy) is 1. The molecule has 1 aliphatic carbocycles. The van der Waals surface area contributed by atoms with Crippen LogP contribution in [0.25, 0.3) is 0 Å². The van der Waals surface area contributed by atoms with E-state index in [9.17, 15) is 5.11 Å². The molecular formula is C12H16O2S. The summed E-state index contributed by atoms with van der Waals surface area (Å²) in [6.07, 6.45) is 2.92. The molecule has 1 fully saturated rings. The van der Waals surface area contributed by atoms with Gasteiger partial charge >= 0.3 is 0 Å². The normalized spacial score (nSPS) is 25.5. The van der Waals surface area contributed by atoms with Crippen molar-refractivity contribution in [1.29, 1.82) is 0 Å². The fourth-order valence-corrected chi connectivity index (χ4v) is 3.12. The van der Waals surface area contributed by atoms with Crippen LogP contribution in [0.15, 0.2) is 29.2 Å². The molecule has 1 aromatic rings. The van der Waals surface area contributed by atoms with Crippen molar-refractivity contribution in [2.45, 2.75) is 35.5 Å². The zero-order valence-corrected chi connectivity index (χ0v) is 9.67. The fraction of sp³-hybridized carbons (Fsp3) is 0.500. The van der Waals surface area contributed by atoms with Crippen molar-refractivity contribution in [2.75, 3.05) is 7.11 Å². The van der Waals surface area contributed by atoms with Gasteiger partial charge in [0.1, 0.15) is 5.75 Å². The molecular weight excluding hydrogens is 208 g/mol. The predicted molar refractivity (Wildman–Crippen MR) is 62.5 cm³/mol. The summed E-state index contributed by atoms with van der Waals surface area (Å²) in [6.45, 7) is 0. The number of methoxy groups -OCH3 is 1. The number of benzene rings is 1. The molecule has 0 heterocycles. The summed E-state index contributed by atoms with van der Waals surface area (Å²) in [4.78, 5) is 1.26. The first-order valence-corrected chi connectivity index (χ1v) is 6.14. The zero-order chi connectivity index (χ0) is 10.7. The topological polar surface area (TPSA) is 29.5 Å². The number of aliphatic hydroxyl groups excluding tert-OH is 1. The van der Waals surface area contributed by atoms with E-state index in [1.54, 1.807) is 7.11 Å². The molecule has 0 spiro atoms. The molecule has 1 aliphatic rings. The van der Waals surface area contributed by atoms with Crippen LogP contribution in [0.4, 0.5) is 0 Å². The molecule has 2 atom stereocenters. The van der Waals surface area contributed by atoms with Crippen LogP contribution in [0.3, 0.4) is 0 Å². The van der Waals surface area contributed by atoms with E-state index in [0.29, 0.717) is 5.25 Å². The quantitative estimate of drug-likeness (QED) is 0.856. The highest BCUT2D eigenvalue weighted by molar-refractivity contribution is 8.00. The van der Waals surface area contributed by atoms with Gasteiger partial charge in [0.05, 0.1) is 13.2 Å². The van der Waals surface area contributed by atoms with Gasteiger partial charge in [-0.3, -0.25) is 0 Å². The molecule has 0 radical (unpaired) electrons. The Morgan fingerprint density at radius 3 is 2.53 bits per heavy atom. The highest BCUT2D eigenvalue weighted by atomic mass is 32.2. The van der Waals surface area contributed by atoms with E-state index >= 15 is 0 Å². The van der Waals surface area contributed by atoms with Gasteiger partial charge in [-0.2, -0.15) is 0 Å². The van der Waals surface area contributed by atoms with Crippen molar-refractivity contribution in [3.8, 4) is 5.75 Å². The second-order valence-corrected chi connectivity index (χ2v) is 5.26. The SMILES string of the molecule is COc1ccc(SC2CCC(O)C2)cc1. The highest BCUT2D eigenvalue weighted by Gasteiger charge is 2.23. The molecule has 82 valence electrons. The summed E-state index contributed by atoms with van der Waals surface area (Å²) in [6, 6.07) is 8.11. The number of aliphatic hydroxyl groups is 1. The van der Waals surface area contributed by atoms with Crippen LogP contribution in [0.5, 0.6) is 5.75 Å². The standard InChI is InChI=1S/C12H16O2S/c1-14-10-3-6-11(7-4-10)15-12-5-2-9(13)8-12/h3-4,6-7,9,12-13H,2,5,8H2,1H3. The maximum absolute atomic E-state index is 9.43. The van der Waals surface area contributed by atoms with Crippen molar-refractivity contribution in [2.24, 2.45) is 0 Å². The molecule has 3 heteroatoms. The number of hydrogen-bond acceptors (Lipinski definition) is 3. The molecule has 0 aliphatic heterocycles. The molecule has 2 rings (SSSR count). The van der Waals surface area contributed by atoms with Crippen LogP contribution < -0.4 is 4.74 Å². The lowest BCUT2D eigenvalue weighted by Crippen LogP contribution is -2.00. The van der Waals surface area contributed by atoms with Crippen molar-refractivity contribution >= 4 is 11.8 Å². The predicted octanol–water partition coefficient (Wildman–Crippen LogP) is 2.70. The fourth-order valence-electron chi connectivity index (χ4n) is 1.87. The van der Waals surface area contributed by atoms with Gasteiger partial charge in [0, 0.05) is 10.1 Å². The van der Waals surface area contributed by atoms with Crippen LogP contribution in [-0.4, -0.2) is 23.6 Å². The van der Waals surface area contributed by atoms with Gasteiger partial charge in [-0.1, -0.05) is 0 Å². The van der Waals surface area contributed by atoms with E-state index in [1.165, 1.54) is 4.90 Å². The third-order valence-corrected chi connectivity index (χ3v) is 4.02. The van der Waals surface area contributed by atoms with E-state index < -0.39 is 0 Å². The van der Waals surface area contributed by atoms with E-state index in [4.69, 9.17) is 4.74 Å². The minimum absolute atomic E-state index is 0.0826. The van der Waals surface area contributed by atoms with Crippen molar-refractivity contribution in [1.82, 2.24) is 0 Å². The third kappa shape index (κ3) is 2.89. The van der Waals surface area contributed by atoms with Gasteiger partial charge in [-0.25, -0.2) is 0 Å². The van der Waals surface area contributed by atoms with Crippen LogP contribution in [0.2, 0.25) is 0 Å². The van der Waals surface area contributed by atoms with Gasteiger partial charge in [0.15, 0.2) is 0 Å². The molecule has 0 bridgehead atoms. The average Bonchev–Trinajstić information content (AvgIpc) is 2.65. The third-order valence-electron chi connectivity index (χ3n) is 2.72. The zero-order valence-electron chi connectivity index (χ0n) is 8.85. The maximum Gasteiger partial charge on any atom is 0.118 e. The maximum atomic E-state index is 9.43. The molecule has 0 aromatic heterocycles. The Kier molecular flexibility index (Phi) is 3.54. The summed E-state index contributed by atoms with van der Waals surface area (Å²) >= 11 is 1.86. The number of hydrogen-bond donors (Lipinski definition) is 1. The first-order chi connectivity index (χ1) is 7.28. The Bertz CT molecular complexity index is 310. The molecule has 1 aromatic carbocycles. The van der Waals surface area contributed by atoms with Crippen LogP contribution in [0.1, 0.15) is 19.3 Å². The first kappa shape index (κ1) is 10.8. The smallest absolute Gasteiger partial charge is 0.118 e. The minimum atomic E-state index is -0.0826. The van der Waals surface area contributed by atoms with Crippen molar-refractivity contribution in [3.05, 3.63) is 24.3 Å². The summed E-state index contributed by atoms with van der Waals surface area (Å²) < 4.78 is 5.11. The van der Waals surface area contributed by atoms with Crippen molar-refractivity contribution in [3.63, 3.8) is 0 Å². The van der Waals surface area contributed by atoms with E-state index in [2.05, 4.69) is 12.1 Å². The van der Waals surface area contributed by atoms with Crippen LogP contribution in [0, 0.1) is 0 Å². The second-order valence-electron chi connectivity index (χ2n) is 3.88. The molecule has 2 unspecified atom stereocenters. The lowest BCUT2D eigenvalue weighted by Gasteiger charge is -2.09. The van der Waals surface area contributed by atoms with E-state index in [-0.39, 0.29) is 6.10 Å². The molecule has 0 amide bonds. The molecule has 1 saturated carbocycles. The van der Waals surface area contributed by atoms with Gasteiger partial charge < -0.3 is 9.84 Å². The monoisotopic (exact) mass is 224 g/mol. The average molecular weight is 224 g/mol. The molecule has 2 nitrogen and oxygen atoms in total. The largest absolute Gasteiger partial charge is 0.497 e. The molecule has 15 heavy (non-hydrogen) atoms. The Balaban J connectivity index is 1.93. The van der Waals surface area contributed by atoms with Crippen LogP contribution in [-0.2, 0) is 0 Å². The Hall–Kier alpha value is -0.670. The number of thioether (sulfide) groups is 1. The Morgan fingerprint density at radius 1 is 1.27 bits per heavy atom. The lowest BCUT2D eigenvalue weighted by molar-refractivity contribution is 0.183. The Labute approximate surface area is 94.6 Å². The second kappa shape index (κ2) is 4.90. The van der Waals surface area contributed by atoms with Gasteiger partial charge in [0.2, 0.25) is 0 Å². The highest BCUT2D eigenvalue weighted by Crippen LogP contribution is 2.35. The van der Waals surface area contributed by atoms with E-state index in [0.717, 1.165) is 25.0 Å². The summed E-state index contributed by atoms with van der Waals surface area (Å²) in [5.74, 6) is 0.894. The van der Waals surface area contributed by atoms with Gasteiger partial charge in [0.25, 0.3) is 0 Å². The van der Waals surface area contributed by atoms with Crippen LogP contribution >= 0.6 is 11.8 Å². The molecule has 1 N–H and O–H groups in total. The Morgan fingerprint density at radius 2 is 2.00 bits per heavy atom. The van der Waals surface area contributed by atoms with Gasteiger partial charge in [-0.15, -0.1) is 11.8 Å². The summed E-state index contributed by atoms with van der Waals surface area (Å²) in [5.41, 5.74) is 0. The molecule has 0 saturated heterocycles. The summed E-state index contributed by atoms with van der Waals surface area (Å²) in [5, 5.41) is 10.0. The van der Waals surface area contributed by atoms with Gasteiger partial charge in [-0.05, 0) is 43.5 Å². The minimum Gasteiger partial charge on any atom is -0.497 e. The first-order valence-electron chi connectivity index (χ1n) is 5.26. The number of rotatable bonds is 3. The summed E-state index contributed by atoms with van der Waals surface area (Å²) in [7, 11) is 1.68. The van der Waals surface area contributed by atoms with Crippen molar-refractivity contribution < 1.29 is 9.84 Å². The lowest BCUT2D eigenvalue weighted by atomic mass is 10.3.